The second-order valence-corrected chi connectivity index (χ2v) is 6.77. The Kier molecular flexibility index (Phi) is 5.35. The first-order chi connectivity index (χ1) is 14.6. The van der Waals surface area contributed by atoms with Gasteiger partial charge in [0.15, 0.2) is 0 Å². The summed E-state index contributed by atoms with van der Waals surface area (Å²) in [6.45, 7) is 0. The topological polar surface area (TPSA) is 106 Å². The highest BCUT2D eigenvalue weighted by Crippen LogP contribution is 2.22. The molecule has 6 heteroatoms. The second kappa shape index (κ2) is 8.41. The van der Waals surface area contributed by atoms with Crippen molar-refractivity contribution in [3.63, 3.8) is 0 Å². The molecule has 0 aliphatic rings. The van der Waals surface area contributed by atoms with Crippen molar-refractivity contribution in [3.8, 4) is 17.4 Å². The number of aromatic nitrogens is 2. The minimum atomic E-state index is -0.345. The van der Waals surface area contributed by atoms with Crippen LogP contribution in [0.15, 0.2) is 77.4 Å². The molecule has 0 atom stereocenters. The summed E-state index contributed by atoms with van der Waals surface area (Å²) in [5.41, 5.74) is 9.43. The van der Waals surface area contributed by atoms with Gasteiger partial charge in [0.1, 0.15) is 11.5 Å². The zero-order valence-corrected chi connectivity index (χ0v) is 16.1. The van der Waals surface area contributed by atoms with Gasteiger partial charge >= 0.3 is 0 Å². The Bertz CT molecular complexity index is 1240. The number of anilines is 1. The van der Waals surface area contributed by atoms with Gasteiger partial charge in [-0.2, -0.15) is 5.26 Å². The third-order valence-electron chi connectivity index (χ3n) is 4.72. The van der Waals surface area contributed by atoms with Crippen molar-refractivity contribution >= 4 is 11.7 Å². The van der Waals surface area contributed by atoms with Gasteiger partial charge < -0.3 is 10.2 Å². The molecule has 0 spiro atoms. The van der Waals surface area contributed by atoms with E-state index in [4.69, 9.17) is 10.2 Å². The third kappa shape index (κ3) is 4.10. The molecule has 2 aromatic heterocycles. The first-order valence-electron chi connectivity index (χ1n) is 9.44. The maximum atomic E-state index is 12.9. The first kappa shape index (κ1) is 19.1. The number of aryl methyl sites for hydroxylation is 2. The molecule has 2 N–H and O–H groups in total. The van der Waals surface area contributed by atoms with E-state index in [-0.39, 0.29) is 17.4 Å². The van der Waals surface area contributed by atoms with Crippen molar-refractivity contribution in [2.75, 3.05) is 5.73 Å². The van der Waals surface area contributed by atoms with Gasteiger partial charge in [0.25, 0.3) is 0 Å². The lowest BCUT2D eigenvalue weighted by atomic mass is 10.0. The fourth-order valence-corrected chi connectivity index (χ4v) is 3.27. The monoisotopic (exact) mass is 394 g/mol. The minimum absolute atomic E-state index is 0.0367. The Morgan fingerprint density at radius 2 is 1.87 bits per heavy atom. The number of nitriles is 1. The van der Waals surface area contributed by atoms with Gasteiger partial charge in [0, 0.05) is 16.8 Å². The molecule has 0 saturated carbocycles. The molecule has 6 nitrogen and oxygen atoms in total. The van der Waals surface area contributed by atoms with Crippen LogP contribution in [0.25, 0.3) is 11.3 Å². The molecule has 0 aliphatic carbocycles. The SMILES string of the molecule is N#Cc1ccccc1C(=O)c1cc(CCc2cccc(-c3ccco3)c2)nc(N)n1. The summed E-state index contributed by atoms with van der Waals surface area (Å²) in [5, 5.41) is 9.26. The van der Waals surface area contributed by atoms with Gasteiger partial charge in [-0.25, -0.2) is 9.97 Å². The number of nitrogens with zero attached hydrogens (tertiary/aromatic N) is 3. The number of nitrogens with two attached hydrogens (primary N) is 1. The Hall–Kier alpha value is -4.24. The average Bonchev–Trinajstić information content (AvgIpc) is 3.32. The maximum Gasteiger partial charge on any atom is 0.220 e. The van der Waals surface area contributed by atoms with Crippen LogP contribution in [0.1, 0.15) is 32.9 Å². The number of furan rings is 1. The van der Waals surface area contributed by atoms with Crippen LogP contribution in [0.4, 0.5) is 5.95 Å². The van der Waals surface area contributed by atoms with Crippen molar-refractivity contribution in [1.82, 2.24) is 9.97 Å². The average molecular weight is 394 g/mol. The normalized spacial score (nSPS) is 10.5. The molecule has 0 unspecified atom stereocenters. The van der Waals surface area contributed by atoms with Crippen molar-refractivity contribution < 1.29 is 9.21 Å². The van der Waals surface area contributed by atoms with Gasteiger partial charge in [-0.05, 0) is 54.8 Å². The zero-order valence-electron chi connectivity index (χ0n) is 16.1. The van der Waals surface area contributed by atoms with Crippen LogP contribution in [0.2, 0.25) is 0 Å². The molecule has 0 aliphatic heterocycles. The van der Waals surface area contributed by atoms with E-state index in [1.54, 1.807) is 36.6 Å². The lowest BCUT2D eigenvalue weighted by Gasteiger charge is -2.07. The number of hydrogen-bond acceptors (Lipinski definition) is 6. The molecule has 0 saturated heterocycles. The highest BCUT2D eigenvalue weighted by atomic mass is 16.3. The summed E-state index contributed by atoms with van der Waals surface area (Å²) < 4.78 is 5.46. The van der Waals surface area contributed by atoms with E-state index in [0.717, 1.165) is 16.9 Å². The summed E-state index contributed by atoms with van der Waals surface area (Å²) in [4.78, 5) is 21.2. The highest BCUT2D eigenvalue weighted by Gasteiger charge is 2.16. The number of hydrogen-bond donors (Lipinski definition) is 1. The van der Waals surface area contributed by atoms with E-state index >= 15 is 0 Å². The molecule has 0 radical (unpaired) electrons. The van der Waals surface area contributed by atoms with Crippen LogP contribution in [0.5, 0.6) is 0 Å². The molecule has 2 heterocycles. The summed E-state index contributed by atoms with van der Waals surface area (Å²) in [6, 6.07) is 22.2. The molecule has 0 bridgehead atoms. The van der Waals surface area contributed by atoms with E-state index in [1.807, 2.05) is 36.4 Å². The van der Waals surface area contributed by atoms with Crippen molar-refractivity contribution in [1.29, 1.82) is 5.26 Å². The first-order valence-corrected chi connectivity index (χ1v) is 9.44. The number of benzene rings is 2. The van der Waals surface area contributed by atoms with E-state index in [9.17, 15) is 10.1 Å². The summed E-state index contributed by atoms with van der Waals surface area (Å²) in [7, 11) is 0. The Labute approximate surface area is 173 Å². The van der Waals surface area contributed by atoms with Crippen molar-refractivity contribution in [2.24, 2.45) is 0 Å². The van der Waals surface area contributed by atoms with Gasteiger partial charge in [0.2, 0.25) is 11.7 Å². The summed E-state index contributed by atoms with van der Waals surface area (Å²) in [5.74, 6) is 0.504. The van der Waals surface area contributed by atoms with Crippen LogP contribution < -0.4 is 5.73 Å². The fourth-order valence-electron chi connectivity index (χ4n) is 3.27. The number of carbonyl (C=O) groups is 1. The number of ketones is 1. The van der Waals surface area contributed by atoms with Gasteiger partial charge in [-0.1, -0.05) is 30.3 Å². The fraction of sp³-hybridized carbons (Fsp3) is 0.0833. The molecule has 2 aromatic carbocycles. The highest BCUT2D eigenvalue weighted by molar-refractivity contribution is 6.09. The lowest BCUT2D eigenvalue weighted by Crippen LogP contribution is -2.11. The number of carbonyl (C=O) groups excluding carboxylic acids is 1. The molecule has 0 fully saturated rings. The van der Waals surface area contributed by atoms with E-state index in [1.165, 1.54) is 0 Å². The predicted molar refractivity (Wildman–Crippen MR) is 113 cm³/mol. The zero-order chi connectivity index (χ0) is 20.9. The van der Waals surface area contributed by atoms with Crippen molar-refractivity contribution in [2.45, 2.75) is 12.8 Å². The molecule has 0 amide bonds. The minimum Gasteiger partial charge on any atom is -0.464 e. The molecule has 4 aromatic rings. The van der Waals surface area contributed by atoms with Crippen LogP contribution in [-0.4, -0.2) is 15.8 Å². The van der Waals surface area contributed by atoms with Crippen LogP contribution in [-0.2, 0) is 12.8 Å². The smallest absolute Gasteiger partial charge is 0.220 e. The number of nitrogen functional groups attached to an aromatic ring is 1. The summed E-state index contributed by atoms with van der Waals surface area (Å²) in [6.07, 6.45) is 2.95. The van der Waals surface area contributed by atoms with Crippen LogP contribution in [0, 0.1) is 11.3 Å². The molecule has 146 valence electrons. The molecular formula is C24H18N4O2. The van der Waals surface area contributed by atoms with Crippen molar-refractivity contribution in [3.05, 3.63) is 101 Å². The van der Waals surface area contributed by atoms with Crippen LogP contribution >= 0.6 is 0 Å². The Morgan fingerprint density at radius 3 is 2.67 bits per heavy atom. The molecule has 30 heavy (non-hydrogen) atoms. The van der Waals surface area contributed by atoms with E-state index in [0.29, 0.717) is 29.7 Å². The van der Waals surface area contributed by atoms with Gasteiger partial charge in [-0.15, -0.1) is 0 Å². The Balaban J connectivity index is 1.55. The van der Waals surface area contributed by atoms with Gasteiger partial charge in [0.05, 0.1) is 17.9 Å². The van der Waals surface area contributed by atoms with Crippen LogP contribution in [0.3, 0.4) is 0 Å². The lowest BCUT2D eigenvalue weighted by molar-refractivity contribution is 0.103. The standard InChI is InChI=1S/C24H18N4O2/c25-15-18-6-1-2-8-20(18)23(29)21-14-19(27-24(26)28-21)11-10-16-5-3-7-17(13-16)22-9-4-12-30-22/h1-9,12-14H,10-11H2,(H2,26,27,28). The summed E-state index contributed by atoms with van der Waals surface area (Å²) >= 11 is 0. The van der Waals surface area contributed by atoms with E-state index in [2.05, 4.69) is 16.0 Å². The largest absolute Gasteiger partial charge is 0.464 e. The predicted octanol–water partition coefficient (Wildman–Crippen LogP) is 4.21. The molecule has 4 rings (SSSR count). The van der Waals surface area contributed by atoms with Gasteiger partial charge in [-0.3, -0.25) is 4.79 Å². The van der Waals surface area contributed by atoms with E-state index < -0.39 is 0 Å². The second-order valence-electron chi connectivity index (χ2n) is 6.77. The quantitative estimate of drug-likeness (QED) is 0.491. The molecular weight excluding hydrogens is 376 g/mol. The third-order valence-corrected chi connectivity index (χ3v) is 4.72. The number of rotatable bonds is 6. The Morgan fingerprint density at radius 1 is 1.00 bits per heavy atom. The maximum absolute atomic E-state index is 12.9.